The summed E-state index contributed by atoms with van der Waals surface area (Å²) in [7, 11) is 0. The van der Waals surface area contributed by atoms with Crippen LogP contribution in [0.3, 0.4) is 0 Å². The fourth-order valence-electron chi connectivity index (χ4n) is 3.19. The highest BCUT2D eigenvalue weighted by Gasteiger charge is 2.37. The van der Waals surface area contributed by atoms with Crippen LogP contribution in [-0.2, 0) is 14.9 Å². The molecule has 29 heavy (non-hydrogen) atoms. The lowest BCUT2D eigenvalue weighted by Gasteiger charge is -2.31. The Labute approximate surface area is 170 Å². The van der Waals surface area contributed by atoms with Crippen LogP contribution in [-0.4, -0.2) is 33.8 Å². The molecular formula is C23H27N3O3. The van der Waals surface area contributed by atoms with E-state index in [0.717, 1.165) is 27.6 Å². The van der Waals surface area contributed by atoms with Crippen molar-refractivity contribution in [3.63, 3.8) is 0 Å². The molecule has 2 N–H and O–H groups in total. The van der Waals surface area contributed by atoms with Crippen molar-refractivity contribution in [1.29, 1.82) is 0 Å². The van der Waals surface area contributed by atoms with Crippen molar-refractivity contribution in [3.8, 4) is 11.1 Å². The number of nitrogens with zero attached hydrogens (tertiary/aromatic N) is 2. The van der Waals surface area contributed by atoms with E-state index in [-0.39, 0.29) is 18.4 Å². The number of fused-ring (bicyclic) bond motifs is 1. The van der Waals surface area contributed by atoms with Crippen molar-refractivity contribution in [1.82, 2.24) is 9.78 Å². The third-order valence-electron chi connectivity index (χ3n) is 4.98. The van der Waals surface area contributed by atoms with Gasteiger partial charge in [-0.3, -0.25) is 9.59 Å². The quantitative estimate of drug-likeness (QED) is 0.679. The van der Waals surface area contributed by atoms with Crippen molar-refractivity contribution < 1.29 is 14.3 Å². The van der Waals surface area contributed by atoms with E-state index in [9.17, 15) is 9.59 Å². The first-order chi connectivity index (χ1) is 13.5. The molecule has 0 radical (unpaired) electrons. The molecule has 3 aromatic rings. The minimum atomic E-state index is -0.928. The molecule has 0 fully saturated rings. The predicted molar refractivity (Wildman–Crippen MR) is 114 cm³/mol. The Hall–Kier alpha value is -2.99. The number of benzene rings is 2. The first-order valence-corrected chi connectivity index (χ1v) is 9.58. The zero-order valence-electron chi connectivity index (χ0n) is 17.5. The maximum atomic E-state index is 12.7. The molecule has 0 spiro atoms. The largest absolute Gasteiger partial charge is 0.459 e. The Balaban J connectivity index is 1.95. The van der Waals surface area contributed by atoms with Gasteiger partial charge in [0.2, 0.25) is 5.91 Å². The molecule has 0 bridgehead atoms. The predicted octanol–water partition coefficient (Wildman–Crippen LogP) is 3.92. The SMILES string of the molecule is CC(=O)n1ncc2ccc(-c3ccc(C(C)(CN)C(=O)OC(C)(C)C)cc3)cc21. The van der Waals surface area contributed by atoms with Gasteiger partial charge in [-0.25, -0.2) is 4.68 Å². The number of carbonyl (C=O) groups excluding carboxylic acids is 2. The second-order valence-corrected chi connectivity index (χ2v) is 8.46. The fraction of sp³-hybridized carbons (Fsp3) is 0.348. The van der Waals surface area contributed by atoms with Gasteiger partial charge in [-0.05, 0) is 50.5 Å². The molecule has 1 atom stereocenters. The van der Waals surface area contributed by atoms with Crippen molar-refractivity contribution in [3.05, 3.63) is 54.2 Å². The van der Waals surface area contributed by atoms with Crippen LogP contribution >= 0.6 is 0 Å². The van der Waals surface area contributed by atoms with Gasteiger partial charge in [-0.2, -0.15) is 5.10 Å². The van der Waals surface area contributed by atoms with Crippen molar-refractivity contribution >= 4 is 22.8 Å². The molecule has 0 amide bonds. The summed E-state index contributed by atoms with van der Waals surface area (Å²) in [5.74, 6) is -0.476. The van der Waals surface area contributed by atoms with Crippen molar-refractivity contribution in [2.75, 3.05) is 6.54 Å². The van der Waals surface area contributed by atoms with Gasteiger partial charge in [0.05, 0.1) is 11.7 Å². The molecule has 0 saturated heterocycles. The van der Waals surface area contributed by atoms with Gasteiger partial charge in [-0.1, -0.05) is 36.4 Å². The Morgan fingerprint density at radius 3 is 2.21 bits per heavy atom. The molecule has 0 saturated carbocycles. The van der Waals surface area contributed by atoms with Gasteiger partial charge >= 0.3 is 5.97 Å². The minimum absolute atomic E-state index is 0.136. The van der Waals surface area contributed by atoms with E-state index in [4.69, 9.17) is 10.5 Å². The monoisotopic (exact) mass is 393 g/mol. The third kappa shape index (κ3) is 4.07. The van der Waals surface area contributed by atoms with Crippen LogP contribution in [0.5, 0.6) is 0 Å². The smallest absolute Gasteiger partial charge is 0.318 e. The number of carbonyl (C=O) groups is 2. The van der Waals surface area contributed by atoms with Gasteiger partial charge in [0, 0.05) is 18.9 Å². The summed E-state index contributed by atoms with van der Waals surface area (Å²) in [4.78, 5) is 24.5. The Morgan fingerprint density at radius 1 is 1.03 bits per heavy atom. The van der Waals surface area contributed by atoms with Crippen LogP contribution in [0.1, 0.15) is 45.0 Å². The Morgan fingerprint density at radius 2 is 1.66 bits per heavy atom. The number of nitrogens with two attached hydrogens (primary N) is 1. The minimum Gasteiger partial charge on any atom is -0.459 e. The van der Waals surface area contributed by atoms with E-state index in [0.29, 0.717) is 0 Å². The number of ether oxygens (including phenoxy) is 1. The highest BCUT2D eigenvalue weighted by molar-refractivity contribution is 5.92. The second kappa shape index (κ2) is 7.44. The summed E-state index contributed by atoms with van der Waals surface area (Å²) < 4.78 is 6.97. The van der Waals surface area contributed by atoms with E-state index >= 15 is 0 Å². The van der Waals surface area contributed by atoms with E-state index < -0.39 is 11.0 Å². The summed E-state index contributed by atoms with van der Waals surface area (Å²) in [6.07, 6.45) is 1.68. The molecule has 1 aromatic heterocycles. The van der Waals surface area contributed by atoms with E-state index in [1.807, 2.05) is 63.2 Å². The van der Waals surface area contributed by atoms with Crippen LogP contribution in [0.25, 0.3) is 22.0 Å². The molecule has 0 aliphatic rings. The molecule has 1 heterocycles. The Bertz CT molecular complexity index is 1060. The topological polar surface area (TPSA) is 87.2 Å². The van der Waals surface area contributed by atoms with Crippen molar-refractivity contribution in [2.24, 2.45) is 5.73 Å². The maximum absolute atomic E-state index is 12.7. The van der Waals surface area contributed by atoms with E-state index in [1.54, 1.807) is 13.1 Å². The summed E-state index contributed by atoms with van der Waals surface area (Å²) in [6, 6.07) is 13.6. The molecule has 3 rings (SSSR count). The van der Waals surface area contributed by atoms with Crippen LogP contribution < -0.4 is 5.73 Å². The molecule has 1 unspecified atom stereocenters. The summed E-state index contributed by atoms with van der Waals surface area (Å²) in [5, 5.41) is 5.04. The first-order valence-electron chi connectivity index (χ1n) is 9.58. The average molecular weight is 393 g/mol. The van der Waals surface area contributed by atoms with Gasteiger partial charge in [-0.15, -0.1) is 0 Å². The van der Waals surface area contributed by atoms with Crippen LogP contribution in [0.15, 0.2) is 48.7 Å². The van der Waals surface area contributed by atoms with E-state index in [2.05, 4.69) is 5.10 Å². The zero-order valence-corrected chi connectivity index (χ0v) is 17.5. The van der Waals surface area contributed by atoms with Gasteiger partial charge in [0.25, 0.3) is 0 Å². The maximum Gasteiger partial charge on any atom is 0.318 e. The van der Waals surface area contributed by atoms with Crippen LogP contribution in [0, 0.1) is 0 Å². The number of hydrogen-bond acceptors (Lipinski definition) is 5. The molecule has 6 nitrogen and oxygen atoms in total. The molecular weight excluding hydrogens is 366 g/mol. The van der Waals surface area contributed by atoms with Gasteiger partial charge in [0.15, 0.2) is 0 Å². The van der Waals surface area contributed by atoms with Crippen LogP contribution in [0.2, 0.25) is 0 Å². The standard InChI is InChI=1S/C23H27N3O3/c1-15(27)26-20-12-17(6-7-18(20)13-25-26)16-8-10-19(11-9-16)23(5,14-24)21(28)29-22(2,3)4/h6-13H,14,24H2,1-5H3. The van der Waals surface area contributed by atoms with Crippen LogP contribution in [0.4, 0.5) is 0 Å². The highest BCUT2D eigenvalue weighted by Crippen LogP contribution is 2.30. The number of esters is 1. The summed E-state index contributed by atoms with van der Waals surface area (Å²) in [5.41, 5.74) is 7.94. The average Bonchev–Trinajstić information content (AvgIpc) is 3.09. The Kier molecular flexibility index (Phi) is 5.32. The number of aromatic nitrogens is 2. The third-order valence-corrected chi connectivity index (χ3v) is 4.98. The molecule has 2 aromatic carbocycles. The van der Waals surface area contributed by atoms with Gasteiger partial charge < -0.3 is 10.5 Å². The highest BCUT2D eigenvalue weighted by atomic mass is 16.6. The second-order valence-electron chi connectivity index (χ2n) is 8.46. The summed E-state index contributed by atoms with van der Waals surface area (Å²) >= 11 is 0. The fourth-order valence-corrected chi connectivity index (χ4v) is 3.19. The lowest BCUT2D eigenvalue weighted by Crippen LogP contribution is -2.44. The molecule has 6 heteroatoms. The number of rotatable bonds is 4. The van der Waals surface area contributed by atoms with E-state index in [1.165, 1.54) is 11.6 Å². The number of hydrogen-bond donors (Lipinski definition) is 1. The lowest BCUT2D eigenvalue weighted by atomic mass is 9.81. The first kappa shape index (κ1) is 20.7. The van der Waals surface area contributed by atoms with Crippen molar-refractivity contribution in [2.45, 2.75) is 45.6 Å². The normalized spacial score (nSPS) is 13.9. The lowest BCUT2D eigenvalue weighted by molar-refractivity contribution is -0.161. The molecule has 152 valence electrons. The van der Waals surface area contributed by atoms with Gasteiger partial charge in [0.1, 0.15) is 11.0 Å². The zero-order chi connectivity index (χ0) is 21.4. The summed E-state index contributed by atoms with van der Waals surface area (Å²) in [6.45, 7) is 8.95. The molecule has 0 aliphatic carbocycles. The molecule has 0 aliphatic heterocycles.